The predicted molar refractivity (Wildman–Crippen MR) is 93.7 cm³/mol. The molecule has 0 aliphatic rings. The summed E-state index contributed by atoms with van der Waals surface area (Å²) in [4.78, 5) is 12.1. The van der Waals surface area contributed by atoms with Crippen LogP contribution in [-0.2, 0) is 16.6 Å². The van der Waals surface area contributed by atoms with Crippen molar-refractivity contribution in [3.05, 3.63) is 59.7 Å². The summed E-state index contributed by atoms with van der Waals surface area (Å²) in [6.45, 7) is 2.88. The molecule has 0 unspecified atom stereocenters. The summed E-state index contributed by atoms with van der Waals surface area (Å²) >= 11 is 0. The summed E-state index contributed by atoms with van der Waals surface area (Å²) in [5.41, 5.74) is 1.80. The van der Waals surface area contributed by atoms with Gasteiger partial charge in [-0.3, -0.25) is 9.52 Å². The average Bonchev–Trinajstić information content (AvgIpc) is 2.52. The summed E-state index contributed by atoms with van der Waals surface area (Å²) in [6, 6.07) is 13.8. The van der Waals surface area contributed by atoms with Gasteiger partial charge in [0.15, 0.2) is 0 Å². The molecule has 0 radical (unpaired) electrons. The molecule has 2 rings (SSSR count). The van der Waals surface area contributed by atoms with Gasteiger partial charge in [-0.05, 0) is 48.9 Å². The molecule has 2 N–H and O–H groups in total. The maximum absolute atomic E-state index is 12.1. The smallest absolute Gasteiger partial charge is 0.251 e. The van der Waals surface area contributed by atoms with Gasteiger partial charge >= 0.3 is 0 Å². The summed E-state index contributed by atoms with van der Waals surface area (Å²) in [7, 11) is -3.33. The zero-order valence-corrected chi connectivity index (χ0v) is 14.4. The van der Waals surface area contributed by atoms with Crippen LogP contribution in [0.1, 0.15) is 22.8 Å². The number of amides is 1. The van der Waals surface area contributed by atoms with Crippen LogP contribution in [0.2, 0.25) is 0 Å². The molecule has 0 saturated carbocycles. The average molecular weight is 348 g/mol. The number of carbonyl (C=O) groups is 1. The molecular weight excluding hydrogens is 328 g/mol. The van der Waals surface area contributed by atoms with Crippen LogP contribution in [0.15, 0.2) is 48.5 Å². The zero-order chi connectivity index (χ0) is 17.6. The Kier molecular flexibility index (Phi) is 5.81. The van der Waals surface area contributed by atoms with Crippen LogP contribution in [0.4, 0.5) is 5.69 Å². The van der Waals surface area contributed by atoms with Crippen LogP contribution >= 0.6 is 0 Å². The Morgan fingerprint density at radius 2 is 1.83 bits per heavy atom. The van der Waals surface area contributed by atoms with Gasteiger partial charge in [-0.15, -0.1) is 0 Å². The fourth-order valence-corrected chi connectivity index (χ4v) is 2.66. The molecule has 0 aromatic heterocycles. The molecule has 0 atom stereocenters. The topological polar surface area (TPSA) is 84.5 Å². The van der Waals surface area contributed by atoms with E-state index in [1.54, 1.807) is 24.3 Å². The molecule has 128 valence electrons. The number of nitrogens with one attached hydrogen (secondary N) is 2. The number of sulfonamides is 1. The van der Waals surface area contributed by atoms with Crippen LogP contribution < -0.4 is 14.8 Å². The predicted octanol–water partition coefficient (Wildman–Crippen LogP) is 2.39. The maximum atomic E-state index is 12.1. The van der Waals surface area contributed by atoms with E-state index in [0.717, 1.165) is 17.6 Å². The molecule has 0 spiro atoms. The lowest BCUT2D eigenvalue weighted by atomic mass is 10.1. The van der Waals surface area contributed by atoms with Crippen LogP contribution in [0.3, 0.4) is 0 Å². The fraction of sp³-hybridized carbons (Fsp3) is 0.235. The summed E-state index contributed by atoms with van der Waals surface area (Å²) in [5, 5.41) is 2.82. The third kappa shape index (κ3) is 5.58. The Hall–Kier alpha value is -2.54. The lowest BCUT2D eigenvalue weighted by Crippen LogP contribution is -2.22. The third-order valence-corrected chi connectivity index (χ3v) is 3.72. The van der Waals surface area contributed by atoms with Crippen LogP contribution in [0.25, 0.3) is 0 Å². The number of carbonyl (C=O) groups excluding carboxylic acids is 1. The van der Waals surface area contributed by atoms with Gasteiger partial charge in [0.25, 0.3) is 5.91 Å². The van der Waals surface area contributed by atoms with E-state index < -0.39 is 10.0 Å². The molecule has 1 amide bonds. The second-order valence-electron chi connectivity index (χ2n) is 5.21. The van der Waals surface area contributed by atoms with Gasteiger partial charge in [-0.2, -0.15) is 0 Å². The molecular formula is C17H20N2O4S. The number of hydrogen-bond acceptors (Lipinski definition) is 4. The van der Waals surface area contributed by atoms with E-state index in [-0.39, 0.29) is 5.91 Å². The van der Waals surface area contributed by atoms with E-state index in [1.807, 2.05) is 31.2 Å². The molecule has 24 heavy (non-hydrogen) atoms. The second kappa shape index (κ2) is 7.83. The minimum absolute atomic E-state index is 0.234. The van der Waals surface area contributed by atoms with E-state index in [0.29, 0.717) is 24.4 Å². The molecule has 0 aliphatic heterocycles. The zero-order valence-electron chi connectivity index (χ0n) is 13.6. The lowest BCUT2D eigenvalue weighted by molar-refractivity contribution is 0.0951. The molecule has 0 heterocycles. The largest absolute Gasteiger partial charge is 0.494 e. The van der Waals surface area contributed by atoms with E-state index >= 15 is 0 Å². The van der Waals surface area contributed by atoms with Gasteiger partial charge in [-0.25, -0.2) is 8.42 Å². The van der Waals surface area contributed by atoms with E-state index in [9.17, 15) is 13.2 Å². The SMILES string of the molecule is CCOc1cccc(CNC(=O)c2ccc(NS(C)(=O)=O)cc2)c1. The Morgan fingerprint density at radius 1 is 1.12 bits per heavy atom. The number of anilines is 1. The van der Waals surface area contributed by atoms with Crippen molar-refractivity contribution in [2.75, 3.05) is 17.6 Å². The molecule has 2 aromatic rings. The third-order valence-electron chi connectivity index (χ3n) is 3.11. The summed E-state index contributed by atoms with van der Waals surface area (Å²) in [6.07, 6.45) is 1.07. The van der Waals surface area contributed by atoms with Crippen molar-refractivity contribution in [3.8, 4) is 5.75 Å². The summed E-state index contributed by atoms with van der Waals surface area (Å²) in [5.74, 6) is 0.531. The van der Waals surface area contributed by atoms with Gasteiger partial charge in [0.2, 0.25) is 10.0 Å². The van der Waals surface area contributed by atoms with Crippen molar-refractivity contribution in [2.24, 2.45) is 0 Å². The monoisotopic (exact) mass is 348 g/mol. The van der Waals surface area contributed by atoms with E-state index in [4.69, 9.17) is 4.74 Å². The lowest BCUT2D eigenvalue weighted by Gasteiger charge is -2.09. The Balaban J connectivity index is 1.96. The van der Waals surface area contributed by atoms with Crippen LogP contribution in [-0.4, -0.2) is 27.2 Å². The second-order valence-corrected chi connectivity index (χ2v) is 6.96. The van der Waals surface area contributed by atoms with Crippen molar-refractivity contribution in [3.63, 3.8) is 0 Å². The number of hydrogen-bond donors (Lipinski definition) is 2. The first-order valence-electron chi connectivity index (χ1n) is 7.45. The highest BCUT2D eigenvalue weighted by atomic mass is 32.2. The fourth-order valence-electron chi connectivity index (χ4n) is 2.10. The molecule has 2 aromatic carbocycles. The van der Waals surface area contributed by atoms with Gasteiger partial charge < -0.3 is 10.1 Å². The van der Waals surface area contributed by atoms with Gasteiger partial charge in [-0.1, -0.05) is 12.1 Å². The number of rotatable bonds is 7. The van der Waals surface area contributed by atoms with Crippen molar-refractivity contribution < 1.29 is 17.9 Å². The molecule has 0 fully saturated rings. The number of benzene rings is 2. The Morgan fingerprint density at radius 3 is 2.46 bits per heavy atom. The van der Waals surface area contributed by atoms with Crippen molar-refractivity contribution >= 4 is 21.6 Å². The van der Waals surface area contributed by atoms with Gasteiger partial charge in [0.1, 0.15) is 5.75 Å². The first kappa shape index (κ1) is 17.8. The molecule has 7 heteroatoms. The molecule has 0 aliphatic carbocycles. The number of ether oxygens (including phenoxy) is 1. The first-order valence-corrected chi connectivity index (χ1v) is 9.34. The minimum atomic E-state index is -3.33. The van der Waals surface area contributed by atoms with Crippen LogP contribution in [0.5, 0.6) is 5.75 Å². The Labute approximate surface area is 141 Å². The highest BCUT2D eigenvalue weighted by Gasteiger charge is 2.07. The Bertz CT molecular complexity index is 802. The molecule has 6 nitrogen and oxygen atoms in total. The first-order chi connectivity index (χ1) is 11.4. The van der Waals surface area contributed by atoms with Crippen molar-refractivity contribution in [1.29, 1.82) is 0 Å². The molecule has 0 bridgehead atoms. The standard InChI is InChI=1S/C17H20N2O4S/c1-3-23-16-6-4-5-13(11-16)12-18-17(20)14-7-9-15(10-8-14)19-24(2,21)22/h4-11,19H,3,12H2,1-2H3,(H,18,20). The highest BCUT2D eigenvalue weighted by Crippen LogP contribution is 2.14. The normalized spacial score (nSPS) is 10.9. The van der Waals surface area contributed by atoms with Crippen LogP contribution in [0, 0.1) is 0 Å². The highest BCUT2D eigenvalue weighted by molar-refractivity contribution is 7.92. The molecule has 0 saturated heterocycles. The maximum Gasteiger partial charge on any atom is 0.251 e. The summed E-state index contributed by atoms with van der Waals surface area (Å²) < 4.78 is 30.1. The van der Waals surface area contributed by atoms with Crippen molar-refractivity contribution in [1.82, 2.24) is 5.32 Å². The van der Waals surface area contributed by atoms with E-state index in [1.165, 1.54) is 0 Å². The van der Waals surface area contributed by atoms with Gasteiger partial charge in [0.05, 0.1) is 12.9 Å². The van der Waals surface area contributed by atoms with Crippen molar-refractivity contribution in [2.45, 2.75) is 13.5 Å². The minimum Gasteiger partial charge on any atom is -0.494 e. The van der Waals surface area contributed by atoms with Gasteiger partial charge in [0, 0.05) is 17.8 Å². The van der Waals surface area contributed by atoms with E-state index in [2.05, 4.69) is 10.0 Å². The quantitative estimate of drug-likeness (QED) is 0.805.